The van der Waals surface area contributed by atoms with E-state index in [2.05, 4.69) is 46.9 Å². The summed E-state index contributed by atoms with van der Waals surface area (Å²) in [4.78, 5) is 0. The van der Waals surface area contributed by atoms with Crippen molar-refractivity contribution in [3.05, 3.63) is 93.6 Å². The minimum absolute atomic E-state index is 0.555. The molecule has 0 aromatic heterocycles. The molecule has 0 amide bonds. The molecule has 0 N–H and O–H groups in total. The fraction of sp³-hybridized carbons (Fsp3) is 0.100. The molecule has 2 nitrogen and oxygen atoms in total. The lowest BCUT2D eigenvalue weighted by Gasteiger charge is -2.11. The Kier molecular flexibility index (Phi) is 5.53. The van der Waals surface area contributed by atoms with Gasteiger partial charge in [0.25, 0.3) is 0 Å². The van der Waals surface area contributed by atoms with E-state index in [1.165, 1.54) is 0 Å². The first-order valence-electron chi connectivity index (χ1n) is 7.44. The summed E-state index contributed by atoms with van der Waals surface area (Å²) in [7, 11) is 0. The van der Waals surface area contributed by atoms with Gasteiger partial charge >= 0.3 is 0 Å². The first-order chi connectivity index (χ1) is 11.3. The van der Waals surface area contributed by atoms with Crippen LogP contribution in [0.3, 0.4) is 0 Å². The number of hydrogen-bond donors (Lipinski definition) is 0. The van der Waals surface area contributed by atoms with Crippen LogP contribution in [0.2, 0.25) is 0 Å². The van der Waals surface area contributed by atoms with E-state index in [1.54, 1.807) is 0 Å². The lowest BCUT2D eigenvalue weighted by atomic mass is 10.2. The van der Waals surface area contributed by atoms with Crippen molar-refractivity contribution < 1.29 is 9.47 Å². The molecule has 3 rings (SSSR count). The van der Waals surface area contributed by atoms with Crippen molar-refractivity contribution in [2.24, 2.45) is 0 Å². The summed E-state index contributed by atoms with van der Waals surface area (Å²) in [5, 5.41) is 0. The summed E-state index contributed by atoms with van der Waals surface area (Å²) in [6, 6.07) is 26.2. The average molecular weight is 416 g/mol. The van der Waals surface area contributed by atoms with E-state index >= 15 is 0 Å². The van der Waals surface area contributed by atoms with Crippen molar-refractivity contribution in [2.75, 3.05) is 0 Å². The van der Waals surface area contributed by atoms with Crippen LogP contribution in [0.5, 0.6) is 11.5 Å². The highest BCUT2D eigenvalue weighted by Gasteiger charge is 2.05. The first kappa shape index (κ1) is 15.9. The van der Waals surface area contributed by atoms with Crippen molar-refractivity contribution in [3.63, 3.8) is 0 Å². The van der Waals surface area contributed by atoms with E-state index in [9.17, 15) is 0 Å². The van der Waals surface area contributed by atoms with E-state index in [0.29, 0.717) is 13.2 Å². The molecular weight excluding hydrogens is 399 g/mol. The van der Waals surface area contributed by atoms with Gasteiger partial charge in [-0.05, 0) is 45.9 Å². The minimum atomic E-state index is 0.555. The summed E-state index contributed by atoms with van der Waals surface area (Å²) in [6.07, 6.45) is 0. The SMILES string of the molecule is Ic1ccc(OCc2ccccc2)cc1OCc1ccccc1. The van der Waals surface area contributed by atoms with Gasteiger partial charge in [-0.1, -0.05) is 60.7 Å². The molecule has 0 saturated heterocycles. The topological polar surface area (TPSA) is 18.5 Å². The van der Waals surface area contributed by atoms with Gasteiger partial charge in [-0.3, -0.25) is 0 Å². The van der Waals surface area contributed by atoms with Crippen molar-refractivity contribution in [1.82, 2.24) is 0 Å². The highest BCUT2D eigenvalue weighted by molar-refractivity contribution is 14.1. The fourth-order valence-corrected chi connectivity index (χ4v) is 2.65. The van der Waals surface area contributed by atoms with Gasteiger partial charge in [0.05, 0.1) is 3.57 Å². The Balaban J connectivity index is 1.64. The Morgan fingerprint density at radius 3 is 1.83 bits per heavy atom. The van der Waals surface area contributed by atoms with E-state index < -0.39 is 0 Å². The van der Waals surface area contributed by atoms with Crippen molar-refractivity contribution in [3.8, 4) is 11.5 Å². The molecular formula is C20H17IO2. The van der Waals surface area contributed by atoms with Crippen LogP contribution in [0.1, 0.15) is 11.1 Å². The first-order valence-corrected chi connectivity index (χ1v) is 8.52. The van der Waals surface area contributed by atoms with Crippen LogP contribution < -0.4 is 9.47 Å². The molecule has 0 unspecified atom stereocenters. The Morgan fingerprint density at radius 2 is 1.22 bits per heavy atom. The zero-order valence-corrected chi connectivity index (χ0v) is 14.8. The third-order valence-electron chi connectivity index (χ3n) is 3.39. The second kappa shape index (κ2) is 8.02. The van der Waals surface area contributed by atoms with E-state index in [4.69, 9.17) is 9.47 Å². The van der Waals surface area contributed by atoms with Gasteiger partial charge in [0.1, 0.15) is 24.7 Å². The van der Waals surface area contributed by atoms with Crippen LogP contribution >= 0.6 is 22.6 Å². The maximum atomic E-state index is 5.93. The molecule has 0 saturated carbocycles. The van der Waals surface area contributed by atoms with Crippen LogP contribution in [0.4, 0.5) is 0 Å². The summed E-state index contributed by atoms with van der Waals surface area (Å²) in [6.45, 7) is 1.11. The summed E-state index contributed by atoms with van der Waals surface area (Å²) in [5.41, 5.74) is 2.30. The number of halogens is 1. The number of ether oxygens (including phenoxy) is 2. The Morgan fingerprint density at radius 1 is 0.652 bits per heavy atom. The van der Waals surface area contributed by atoms with Crippen molar-refractivity contribution in [1.29, 1.82) is 0 Å². The average Bonchev–Trinajstić information content (AvgIpc) is 2.62. The molecule has 0 radical (unpaired) electrons. The normalized spacial score (nSPS) is 10.3. The Labute approximate surface area is 150 Å². The van der Waals surface area contributed by atoms with E-state index in [1.807, 2.05) is 54.6 Å². The molecule has 0 bridgehead atoms. The minimum Gasteiger partial charge on any atom is -0.489 e. The molecule has 3 heteroatoms. The van der Waals surface area contributed by atoms with Crippen molar-refractivity contribution >= 4 is 22.6 Å². The van der Waals surface area contributed by atoms with Crippen LogP contribution in [0.25, 0.3) is 0 Å². The van der Waals surface area contributed by atoms with Gasteiger partial charge in [0.2, 0.25) is 0 Å². The molecule has 23 heavy (non-hydrogen) atoms. The molecule has 0 aliphatic rings. The summed E-state index contributed by atoms with van der Waals surface area (Å²) < 4.78 is 12.9. The maximum Gasteiger partial charge on any atom is 0.136 e. The number of hydrogen-bond acceptors (Lipinski definition) is 2. The van der Waals surface area contributed by atoms with Crippen LogP contribution in [-0.2, 0) is 13.2 Å². The lowest BCUT2D eigenvalue weighted by molar-refractivity contribution is 0.288. The summed E-state index contributed by atoms with van der Waals surface area (Å²) in [5.74, 6) is 1.66. The van der Waals surface area contributed by atoms with Gasteiger partial charge in [-0.2, -0.15) is 0 Å². The van der Waals surface area contributed by atoms with Gasteiger partial charge in [0, 0.05) is 6.07 Å². The monoisotopic (exact) mass is 416 g/mol. The second-order valence-corrected chi connectivity index (χ2v) is 6.30. The highest BCUT2D eigenvalue weighted by Crippen LogP contribution is 2.27. The summed E-state index contributed by atoms with van der Waals surface area (Å²) >= 11 is 2.28. The van der Waals surface area contributed by atoms with Gasteiger partial charge in [-0.25, -0.2) is 0 Å². The lowest BCUT2D eigenvalue weighted by Crippen LogP contribution is -1.99. The number of rotatable bonds is 6. The van der Waals surface area contributed by atoms with E-state index in [-0.39, 0.29) is 0 Å². The van der Waals surface area contributed by atoms with Gasteiger partial charge in [0.15, 0.2) is 0 Å². The zero-order chi connectivity index (χ0) is 15.9. The third kappa shape index (κ3) is 4.73. The van der Waals surface area contributed by atoms with Crippen LogP contribution in [0.15, 0.2) is 78.9 Å². The second-order valence-electron chi connectivity index (χ2n) is 5.14. The Hall–Kier alpha value is -2.01. The number of benzene rings is 3. The standard InChI is InChI=1S/C20H17IO2/c21-19-12-11-18(22-14-16-7-3-1-4-8-16)13-20(19)23-15-17-9-5-2-6-10-17/h1-13H,14-15H2. The molecule has 3 aromatic rings. The quantitative estimate of drug-likeness (QED) is 0.498. The molecule has 0 heterocycles. The zero-order valence-electron chi connectivity index (χ0n) is 12.6. The van der Waals surface area contributed by atoms with Gasteiger partial charge < -0.3 is 9.47 Å². The molecule has 0 spiro atoms. The van der Waals surface area contributed by atoms with Gasteiger partial charge in [-0.15, -0.1) is 0 Å². The maximum absolute atomic E-state index is 5.93. The van der Waals surface area contributed by atoms with Crippen molar-refractivity contribution in [2.45, 2.75) is 13.2 Å². The smallest absolute Gasteiger partial charge is 0.136 e. The van der Waals surface area contributed by atoms with Crippen LogP contribution in [0, 0.1) is 3.57 Å². The van der Waals surface area contributed by atoms with Crippen LogP contribution in [-0.4, -0.2) is 0 Å². The molecule has 0 aliphatic heterocycles. The predicted molar refractivity (Wildman–Crippen MR) is 101 cm³/mol. The molecule has 116 valence electrons. The predicted octanol–water partition coefficient (Wildman–Crippen LogP) is 5.45. The Bertz CT molecular complexity index is 742. The molecule has 0 fully saturated rings. The largest absolute Gasteiger partial charge is 0.489 e. The molecule has 3 aromatic carbocycles. The highest BCUT2D eigenvalue weighted by atomic mass is 127. The molecule has 0 atom stereocenters. The van der Waals surface area contributed by atoms with E-state index in [0.717, 1.165) is 26.2 Å². The molecule has 0 aliphatic carbocycles. The fourth-order valence-electron chi connectivity index (χ4n) is 2.16. The third-order valence-corrected chi connectivity index (χ3v) is 4.28.